The number of carboxylic acid groups (broad SMARTS) is 1. The first kappa shape index (κ1) is 14.8. The lowest BCUT2D eigenvalue weighted by molar-refractivity contribution is -0.384. The number of benzene rings is 1. The number of nitro benzene ring substituents is 1. The van der Waals surface area contributed by atoms with Gasteiger partial charge in [0.25, 0.3) is 5.69 Å². The standard InChI is InChI=1S/C13H15N3O5/c1-7(13(18)19)15(2)10-6-9-8(3-4-12(17)14-9)5-11(10)16(20)21/h5-7H,3-4H2,1-2H3,(H,14,17)(H,18,19). The Labute approximate surface area is 120 Å². The van der Waals surface area contributed by atoms with Gasteiger partial charge in [-0.25, -0.2) is 4.79 Å². The molecular formula is C13H15N3O5. The van der Waals surface area contributed by atoms with E-state index in [1.165, 1.54) is 31.0 Å². The van der Waals surface area contributed by atoms with Crippen LogP contribution in [-0.4, -0.2) is 35.0 Å². The van der Waals surface area contributed by atoms with Crippen molar-refractivity contribution in [3.05, 3.63) is 27.8 Å². The number of hydrogen-bond donors (Lipinski definition) is 2. The fourth-order valence-corrected chi connectivity index (χ4v) is 2.21. The molecule has 2 rings (SSSR count). The van der Waals surface area contributed by atoms with Crippen LogP contribution in [0.2, 0.25) is 0 Å². The third kappa shape index (κ3) is 2.78. The fourth-order valence-electron chi connectivity index (χ4n) is 2.21. The minimum absolute atomic E-state index is 0.156. The SMILES string of the molecule is CC(C(=O)O)N(C)c1cc2c(cc1[N+](=O)[O-])CCC(=O)N2. The van der Waals surface area contributed by atoms with Crippen LogP contribution < -0.4 is 10.2 Å². The van der Waals surface area contributed by atoms with E-state index in [2.05, 4.69) is 5.32 Å². The number of hydrogen-bond acceptors (Lipinski definition) is 5. The van der Waals surface area contributed by atoms with Gasteiger partial charge in [0.05, 0.1) is 4.92 Å². The zero-order valence-electron chi connectivity index (χ0n) is 11.6. The average Bonchev–Trinajstić information content (AvgIpc) is 2.43. The summed E-state index contributed by atoms with van der Waals surface area (Å²) in [7, 11) is 1.47. The van der Waals surface area contributed by atoms with E-state index in [1.54, 1.807) is 0 Å². The number of carbonyl (C=O) groups excluding carboxylic acids is 1. The summed E-state index contributed by atoms with van der Waals surface area (Å²) in [5.74, 6) is -1.25. The van der Waals surface area contributed by atoms with Crippen LogP contribution in [0.25, 0.3) is 0 Å². The summed E-state index contributed by atoms with van der Waals surface area (Å²) in [6.45, 7) is 1.43. The monoisotopic (exact) mass is 293 g/mol. The summed E-state index contributed by atoms with van der Waals surface area (Å²) in [6, 6.07) is 1.93. The van der Waals surface area contributed by atoms with Gasteiger partial charge < -0.3 is 15.3 Å². The number of aliphatic carboxylic acids is 1. The van der Waals surface area contributed by atoms with Gasteiger partial charge in [0, 0.05) is 25.2 Å². The lowest BCUT2D eigenvalue weighted by Gasteiger charge is -2.25. The van der Waals surface area contributed by atoms with E-state index >= 15 is 0 Å². The van der Waals surface area contributed by atoms with Gasteiger partial charge in [-0.3, -0.25) is 14.9 Å². The van der Waals surface area contributed by atoms with Crippen molar-refractivity contribution in [3.8, 4) is 0 Å². The van der Waals surface area contributed by atoms with Crippen LogP contribution in [0.4, 0.5) is 17.1 Å². The quantitative estimate of drug-likeness (QED) is 0.640. The van der Waals surface area contributed by atoms with Crippen molar-refractivity contribution in [2.45, 2.75) is 25.8 Å². The Balaban J connectivity index is 2.52. The molecule has 112 valence electrons. The molecule has 1 unspecified atom stereocenters. The van der Waals surface area contributed by atoms with E-state index in [4.69, 9.17) is 5.11 Å². The maximum Gasteiger partial charge on any atom is 0.326 e. The molecule has 0 saturated carbocycles. The minimum Gasteiger partial charge on any atom is -0.480 e. The van der Waals surface area contributed by atoms with Crippen LogP contribution in [0.15, 0.2) is 12.1 Å². The van der Waals surface area contributed by atoms with Crippen molar-refractivity contribution in [3.63, 3.8) is 0 Å². The molecule has 21 heavy (non-hydrogen) atoms. The second-order valence-electron chi connectivity index (χ2n) is 4.93. The Morgan fingerprint density at radius 2 is 2.14 bits per heavy atom. The second kappa shape index (κ2) is 5.39. The van der Waals surface area contributed by atoms with Crippen molar-refractivity contribution in [2.24, 2.45) is 0 Å². The molecule has 1 heterocycles. The molecule has 2 N–H and O–H groups in total. The summed E-state index contributed by atoms with van der Waals surface area (Å²) in [6.07, 6.45) is 0.714. The number of fused-ring (bicyclic) bond motifs is 1. The highest BCUT2D eigenvalue weighted by Crippen LogP contribution is 2.36. The van der Waals surface area contributed by atoms with E-state index in [9.17, 15) is 19.7 Å². The lowest BCUT2D eigenvalue weighted by atomic mass is 10.0. The normalized spacial score (nSPS) is 14.9. The zero-order valence-corrected chi connectivity index (χ0v) is 11.6. The highest BCUT2D eigenvalue weighted by molar-refractivity contribution is 5.95. The Kier molecular flexibility index (Phi) is 3.79. The first-order valence-electron chi connectivity index (χ1n) is 6.38. The number of amides is 1. The number of nitrogens with one attached hydrogen (secondary N) is 1. The topological polar surface area (TPSA) is 113 Å². The van der Waals surface area contributed by atoms with Crippen LogP contribution in [0.5, 0.6) is 0 Å². The molecule has 8 heteroatoms. The molecule has 1 aromatic rings. The number of rotatable bonds is 4. The van der Waals surface area contributed by atoms with E-state index < -0.39 is 16.9 Å². The minimum atomic E-state index is -1.09. The third-order valence-electron chi connectivity index (χ3n) is 3.61. The van der Waals surface area contributed by atoms with Crippen molar-refractivity contribution in [1.29, 1.82) is 0 Å². The number of nitro groups is 1. The number of anilines is 2. The van der Waals surface area contributed by atoms with Gasteiger partial charge in [-0.15, -0.1) is 0 Å². The summed E-state index contributed by atoms with van der Waals surface area (Å²) >= 11 is 0. The van der Waals surface area contributed by atoms with Gasteiger partial charge in [-0.05, 0) is 25.0 Å². The molecule has 1 amide bonds. The Morgan fingerprint density at radius 1 is 1.48 bits per heavy atom. The van der Waals surface area contributed by atoms with Crippen LogP contribution in [-0.2, 0) is 16.0 Å². The molecule has 1 aromatic carbocycles. The van der Waals surface area contributed by atoms with Gasteiger partial charge in [0.1, 0.15) is 11.7 Å². The summed E-state index contributed by atoms with van der Waals surface area (Å²) in [5, 5.41) is 22.9. The maximum absolute atomic E-state index is 11.4. The van der Waals surface area contributed by atoms with Crippen molar-refractivity contribution >= 4 is 28.9 Å². The molecular weight excluding hydrogens is 278 g/mol. The molecule has 8 nitrogen and oxygen atoms in total. The molecule has 0 aliphatic carbocycles. The van der Waals surface area contributed by atoms with E-state index in [-0.39, 0.29) is 23.7 Å². The molecule has 0 aromatic heterocycles. The molecule has 1 atom stereocenters. The highest BCUT2D eigenvalue weighted by Gasteiger charge is 2.28. The largest absolute Gasteiger partial charge is 0.480 e. The number of likely N-dealkylation sites (N-methyl/N-ethyl adjacent to an activating group) is 1. The molecule has 1 aliphatic rings. The van der Waals surface area contributed by atoms with Crippen LogP contribution in [0, 0.1) is 10.1 Å². The van der Waals surface area contributed by atoms with E-state index in [0.29, 0.717) is 17.7 Å². The van der Waals surface area contributed by atoms with Gasteiger partial charge in [0.2, 0.25) is 5.91 Å². The number of carboxylic acids is 1. The summed E-state index contributed by atoms with van der Waals surface area (Å²) in [5.41, 5.74) is 1.18. The molecule has 0 radical (unpaired) electrons. The molecule has 0 bridgehead atoms. The van der Waals surface area contributed by atoms with Crippen molar-refractivity contribution in [2.75, 3.05) is 17.3 Å². The third-order valence-corrected chi connectivity index (χ3v) is 3.61. The van der Waals surface area contributed by atoms with Gasteiger partial charge in [-0.1, -0.05) is 0 Å². The van der Waals surface area contributed by atoms with Gasteiger partial charge in [0.15, 0.2) is 0 Å². The lowest BCUT2D eigenvalue weighted by Crippen LogP contribution is -2.36. The van der Waals surface area contributed by atoms with Crippen LogP contribution >= 0.6 is 0 Å². The predicted molar refractivity (Wildman–Crippen MR) is 75.5 cm³/mol. The smallest absolute Gasteiger partial charge is 0.326 e. The number of carbonyl (C=O) groups is 2. The van der Waals surface area contributed by atoms with Crippen LogP contribution in [0.3, 0.4) is 0 Å². The van der Waals surface area contributed by atoms with Gasteiger partial charge >= 0.3 is 5.97 Å². The van der Waals surface area contributed by atoms with Crippen molar-refractivity contribution < 1.29 is 19.6 Å². The predicted octanol–water partition coefficient (Wildman–Crippen LogP) is 1.39. The fraction of sp³-hybridized carbons (Fsp3) is 0.385. The average molecular weight is 293 g/mol. The summed E-state index contributed by atoms with van der Waals surface area (Å²) in [4.78, 5) is 34.4. The van der Waals surface area contributed by atoms with E-state index in [0.717, 1.165) is 0 Å². The molecule has 0 fully saturated rings. The number of nitrogens with zero attached hydrogens (tertiary/aromatic N) is 2. The molecule has 0 spiro atoms. The first-order valence-corrected chi connectivity index (χ1v) is 6.38. The zero-order chi connectivity index (χ0) is 15.7. The number of aryl methyl sites for hydroxylation is 1. The highest BCUT2D eigenvalue weighted by atomic mass is 16.6. The van der Waals surface area contributed by atoms with Crippen LogP contribution in [0.1, 0.15) is 18.9 Å². The Morgan fingerprint density at radius 3 is 2.71 bits per heavy atom. The summed E-state index contributed by atoms with van der Waals surface area (Å²) < 4.78 is 0. The second-order valence-corrected chi connectivity index (χ2v) is 4.93. The Hall–Kier alpha value is -2.64. The first-order chi connectivity index (χ1) is 9.81. The van der Waals surface area contributed by atoms with E-state index in [1.807, 2.05) is 0 Å². The molecule has 1 aliphatic heterocycles. The maximum atomic E-state index is 11.4. The van der Waals surface area contributed by atoms with Crippen molar-refractivity contribution in [1.82, 2.24) is 0 Å². The Bertz CT molecular complexity index is 628. The van der Waals surface area contributed by atoms with Gasteiger partial charge in [-0.2, -0.15) is 0 Å². The molecule has 0 saturated heterocycles.